The second-order valence-electron chi connectivity index (χ2n) is 8.22. The molecule has 0 spiro atoms. The summed E-state index contributed by atoms with van der Waals surface area (Å²) in [6, 6.07) is 14.7. The maximum absolute atomic E-state index is 12.7. The number of pyridine rings is 2. The van der Waals surface area contributed by atoms with Crippen LogP contribution in [0.15, 0.2) is 73.3 Å². The molecular formula is C25H28N4O2. The molecule has 6 heteroatoms. The van der Waals surface area contributed by atoms with Crippen LogP contribution >= 0.6 is 0 Å². The van der Waals surface area contributed by atoms with Crippen LogP contribution in [0.2, 0.25) is 0 Å². The van der Waals surface area contributed by atoms with Gasteiger partial charge in [0.25, 0.3) is 5.91 Å². The van der Waals surface area contributed by atoms with Crippen molar-refractivity contribution in [2.75, 3.05) is 27.2 Å². The zero-order chi connectivity index (χ0) is 21.8. The molecule has 6 nitrogen and oxygen atoms in total. The number of carbonyl (C=O) groups excluding carboxylic acids is 1. The standard InChI is InChI=1S/C25H28N4O2/c1-28(2)24(30)20-9-5-8-19(16-20)23(29-14-3-4-15-29)25(31,21-10-6-12-26-17-21)22-11-7-13-27-18-22/h5-13,16-18,23,31H,3-4,14-15H2,1-2H3. The first-order chi connectivity index (χ1) is 15.0. The Labute approximate surface area is 183 Å². The van der Waals surface area contributed by atoms with Gasteiger partial charge in [0, 0.05) is 55.6 Å². The summed E-state index contributed by atoms with van der Waals surface area (Å²) >= 11 is 0. The van der Waals surface area contributed by atoms with Crippen LogP contribution in [0.1, 0.15) is 45.9 Å². The Morgan fingerprint density at radius 3 is 2.13 bits per heavy atom. The molecule has 3 aromatic rings. The highest BCUT2D eigenvalue weighted by Gasteiger charge is 2.45. The summed E-state index contributed by atoms with van der Waals surface area (Å²) in [5.74, 6) is -0.0617. The zero-order valence-corrected chi connectivity index (χ0v) is 18.0. The largest absolute Gasteiger partial charge is 0.378 e. The van der Waals surface area contributed by atoms with Gasteiger partial charge < -0.3 is 10.0 Å². The van der Waals surface area contributed by atoms with Crippen molar-refractivity contribution < 1.29 is 9.90 Å². The van der Waals surface area contributed by atoms with Gasteiger partial charge in [0.15, 0.2) is 0 Å². The lowest BCUT2D eigenvalue weighted by molar-refractivity contribution is -0.0153. The van der Waals surface area contributed by atoms with Crippen molar-refractivity contribution in [3.8, 4) is 0 Å². The Morgan fingerprint density at radius 2 is 1.61 bits per heavy atom. The van der Waals surface area contributed by atoms with E-state index >= 15 is 0 Å². The second-order valence-corrected chi connectivity index (χ2v) is 8.22. The van der Waals surface area contributed by atoms with Gasteiger partial charge in [-0.2, -0.15) is 0 Å². The minimum Gasteiger partial charge on any atom is -0.378 e. The van der Waals surface area contributed by atoms with Crippen molar-refractivity contribution in [3.63, 3.8) is 0 Å². The van der Waals surface area contributed by atoms with Gasteiger partial charge in [-0.1, -0.05) is 24.3 Å². The van der Waals surface area contributed by atoms with Crippen molar-refractivity contribution in [2.24, 2.45) is 0 Å². The molecule has 0 saturated carbocycles. The molecule has 1 fully saturated rings. The van der Waals surface area contributed by atoms with Gasteiger partial charge in [-0.05, 0) is 55.8 Å². The van der Waals surface area contributed by atoms with E-state index in [-0.39, 0.29) is 5.91 Å². The van der Waals surface area contributed by atoms with Crippen LogP contribution in [0, 0.1) is 0 Å². The van der Waals surface area contributed by atoms with Gasteiger partial charge in [0.2, 0.25) is 0 Å². The fourth-order valence-electron chi connectivity index (χ4n) is 4.47. The molecule has 31 heavy (non-hydrogen) atoms. The monoisotopic (exact) mass is 416 g/mol. The number of aliphatic hydroxyl groups is 1. The second kappa shape index (κ2) is 8.96. The Bertz CT molecular complexity index is 978. The van der Waals surface area contributed by atoms with E-state index in [2.05, 4.69) is 14.9 Å². The van der Waals surface area contributed by atoms with Gasteiger partial charge in [0.1, 0.15) is 5.60 Å². The van der Waals surface area contributed by atoms with E-state index in [4.69, 9.17) is 0 Å². The van der Waals surface area contributed by atoms with Crippen LogP contribution in [0.25, 0.3) is 0 Å². The minimum atomic E-state index is -1.38. The fraction of sp³-hybridized carbons (Fsp3) is 0.320. The lowest BCUT2D eigenvalue weighted by Gasteiger charge is -2.42. The Balaban J connectivity index is 1.92. The van der Waals surface area contributed by atoms with Gasteiger partial charge in [-0.25, -0.2) is 0 Å². The molecule has 160 valence electrons. The summed E-state index contributed by atoms with van der Waals surface area (Å²) < 4.78 is 0. The third-order valence-corrected chi connectivity index (χ3v) is 5.96. The van der Waals surface area contributed by atoms with Crippen LogP contribution in [0.5, 0.6) is 0 Å². The topological polar surface area (TPSA) is 69.6 Å². The molecule has 1 unspecified atom stereocenters. The summed E-state index contributed by atoms with van der Waals surface area (Å²) in [5.41, 5.74) is 1.51. The number of rotatable bonds is 6. The number of aromatic nitrogens is 2. The van der Waals surface area contributed by atoms with E-state index in [9.17, 15) is 9.90 Å². The number of nitrogens with zero attached hydrogens (tertiary/aromatic N) is 4. The predicted molar refractivity (Wildman–Crippen MR) is 119 cm³/mol. The van der Waals surface area contributed by atoms with Crippen molar-refractivity contribution in [2.45, 2.75) is 24.5 Å². The number of carbonyl (C=O) groups is 1. The lowest BCUT2D eigenvalue weighted by Crippen LogP contribution is -2.44. The number of hydrogen-bond acceptors (Lipinski definition) is 5. The normalized spacial score (nSPS) is 15.6. The molecule has 0 radical (unpaired) electrons. The number of amides is 1. The molecule has 3 heterocycles. The van der Waals surface area contributed by atoms with Gasteiger partial charge in [-0.15, -0.1) is 0 Å². The summed E-state index contributed by atoms with van der Waals surface area (Å²) in [7, 11) is 3.49. The highest BCUT2D eigenvalue weighted by molar-refractivity contribution is 5.94. The van der Waals surface area contributed by atoms with Gasteiger partial charge in [0.05, 0.1) is 6.04 Å². The summed E-state index contributed by atoms with van der Waals surface area (Å²) in [5, 5.41) is 12.4. The van der Waals surface area contributed by atoms with Crippen LogP contribution < -0.4 is 0 Å². The smallest absolute Gasteiger partial charge is 0.253 e. The Kier molecular flexibility index (Phi) is 6.11. The van der Waals surface area contributed by atoms with Crippen molar-refractivity contribution in [1.29, 1.82) is 0 Å². The maximum Gasteiger partial charge on any atom is 0.253 e. The number of likely N-dealkylation sites (tertiary alicyclic amines) is 1. The SMILES string of the molecule is CN(C)C(=O)c1cccc(C(N2CCCC2)C(O)(c2cccnc2)c2cccnc2)c1. The predicted octanol–water partition coefficient (Wildman–Crippen LogP) is 3.25. The summed E-state index contributed by atoms with van der Waals surface area (Å²) in [6.45, 7) is 1.75. The minimum absolute atomic E-state index is 0.0617. The molecule has 1 amide bonds. The highest BCUT2D eigenvalue weighted by Crippen LogP contribution is 2.45. The van der Waals surface area contributed by atoms with E-state index in [0.717, 1.165) is 31.5 Å². The van der Waals surface area contributed by atoms with Crippen LogP contribution in [-0.2, 0) is 5.60 Å². The van der Waals surface area contributed by atoms with Crippen LogP contribution in [0.4, 0.5) is 0 Å². The van der Waals surface area contributed by atoms with E-state index < -0.39 is 11.6 Å². The summed E-state index contributed by atoms with van der Waals surface area (Å²) in [6.07, 6.45) is 8.98. The molecule has 0 bridgehead atoms. The van der Waals surface area contributed by atoms with Crippen LogP contribution in [0.3, 0.4) is 0 Å². The molecule has 1 aliphatic rings. The molecule has 1 aromatic carbocycles. The lowest BCUT2D eigenvalue weighted by atomic mass is 9.77. The van der Waals surface area contributed by atoms with E-state index in [0.29, 0.717) is 16.7 Å². The molecule has 4 rings (SSSR count). The molecular weight excluding hydrogens is 388 g/mol. The molecule has 0 aliphatic carbocycles. The average molecular weight is 417 g/mol. The van der Waals surface area contributed by atoms with E-state index in [1.165, 1.54) is 0 Å². The quantitative estimate of drug-likeness (QED) is 0.668. The third kappa shape index (κ3) is 4.09. The molecule has 1 N–H and O–H groups in total. The number of hydrogen-bond donors (Lipinski definition) is 1. The van der Waals surface area contributed by atoms with Gasteiger partial charge >= 0.3 is 0 Å². The van der Waals surface area contributed by atoms with Gasteiger partial charge in [-0.3, -0.25) is 19.7 Å². The fourth-order valence-corrected chi connectivity index (χ4v) is 4.47. The molecule has 2 aromatic heterocycles. The first-order valence-corrected chi connectivity index (χ1v) is 10.6. The maximum atomic E-state index is 12.7. The van der Waals surface area contributed by atoms with Crippen LogP contribution in [-0.4, -0.2) is 58.0 Å². The highest BCUT2D eigenvalue weighted by atomic mass is 16.3. The Hall–Kier alpha value is -3.09. The van der Waals surface area contributed by atoms with Crippen molar-refractivity contribution in [3.05, 3.63) is 95.6 Å². The van der Waals surface area contributed by atoms with Crippen molar-refractivity contribution >= 4 is 5.91 Å². The first-order valence-electron chi connectivity index (χ1n) is 10.6. The van der Waals surface area contributed by atoms with E-state index in [1.807, 2.05) is 48.5 Å². The summed E-state index contributed by atoms with van der Waals surface area (Å²) in [4.78, 5) is 25.1. The third-order valence-electron chi connectivity index (χ3n) is 5.96. The first kappa shape index (κ1) is 21.2. The molecule has 1 aliphatic heterocycles. The molecule has 1 saturated heterocycles. The zero-order valence-electron chi connectivity index (χ0n) is 18.0. The van der Waals surface area contributed by atoms with E-state index in [1.54, 1.807) is 43.8 Å². The number of benzene rings is 1. The van der Waals surface area contributed by atoms with Crippen molar-refractivity contribution in [1.82, 2.24) is 19.8 Å². The Morgan fingerprint density at radius 1 is 1.00 bits per heavy atom. The average Bonchev–Trinajstić information content (AvgIpc) is 3.34. The molecule has 1 atom stereocenters.